The zero-order valence-electron chi connectivity index (χ0n) is 9.70. The summed E-state index contributed by atoms with van der Waals surface area (Å²) in [5.41, 5.74) is 0.168. The van der Waals surface area contributed by atoms with Gasteiger partial charge in [0.2, 0.25) is 0 Å². The van der Waals surface area contributed by atoms with Gasteiger partial charge in [-0.3, -0.25) is 4.72 Å². The van der Waals surface area contributed by atoms with Crippen LogP contribution < -0.4 is 4.72 Å². The van der Waals surface area contributed by atoms with E-state index in [0.717, 1.165) is 12.1 Å². The van der Waals surface area contributed by atoms with Crippen LogP contribution in [0.2, 0.25) is 10.0 Å². The van der Waals surface area contributed by atoms with E-state index in [-0.39, 0.29) is 20.6 Å². The van der Waals surface area contributed by atoms with Crippen LogP contribution in [-0.2, 0) is 10.0 Å². The van der Waals surface area contributed by atoms with E-state index in [0.29, 0.717) is 4.47 Å². The number of anilines is 1. The molecular weight excluding hydrogens is 392 g/mol. The highest BCUT2D eigenvalue weighted by molar-refractivity contribution is 9.10. The summed E-state index contributed by atoms with van der Waals surface area (Å²) >= 11 is 14.9. The van der Waals surface area contributed by atoms with E-state index < -0.39 is 15.8 Å². The highest BCUT2D eigenvalue weighted by Gasteiger charge is 2.20. The van der Waals surface area contributed by atoms with Crippen LogP contribution in [0, 0.1) is 5.82 Å². The summed E-state index contributed by atoms with van der Waals surface area (Å²) < 4.78 is 40.5. The van der Waals surface area contributed by atoms with Crippen LogP contribution >= 0.6 is 39.1 Å². The monoisotopic (exact) mass is 397 g/mol. The molecule has 0 radical (unpaired) electrons. The van der Waals surface area contributed by atoms with E-state index in [1.165, 1.54) is 18.2 Å². The van der Waals surface area contributed by atoms with Gasteiger partial charge in [0.25, 0.3) is 10.0 Å². The predicted molar refractivity (Wildman–Crippen MR) is 81.4 cm³/mol. The van der Waals surface area contributed by atoms with Crippen LogP contribution in [0.4, 0.5) is 10.1 Å². The fraction of sp³-hybridized carbons (Fsp3) is 0. The summed E-state index contributed by atoms with van der Waals surface area (Å²) in [4.78, 5) is -0.352. The molecule has 0 amide bonds. The van der Waals surface area contributed by atoms with Crippen molar-refractivity contribution in [2.45, 2.75) is 4.90 Å². The Hall–Kier alpha value is -0.820. The van der Waals surface area contributed by atoms with Crippen molar-refractivity contribution in [1.29, 1.82) is 0 Å². The van der Waals surface area contributed by atoms with E-state index in [4.69, 9.17) is 23.2 Å². The molecule has 1 N–H and O–H groups in total. The van der Waals surface area contributed by atoms with Gasteiger partial charge in [-0.2, -0.15) is 0 Å². The number of nitrogens with one attached hydrogen (secondary N) is 1. The van der Waals surface area contributed by atoms with Crippen molar-refractivity contribution < 1.29 is 12.8 Å². The van der Waals surface area contributed by atoms with Crippen LogP contribution in [-0.4, -0.2) is 8.42 Å². The Labute approximate surface area is 133 Å². The molecule has 0 bridgehead atoms. The zero-order valence-corrected chi connectivity index (χ0v) is 13.6. The lowest BCUT2D eigenvalue weighted by atomic mass is 10.3. The maximum absolute atomic E-state index is 13.2. The molecule has 2 aromatic carbocycles. The van der Waals surface area contributed by atoms with Gasteiger partial charge in [-0.25, -0.2) is 12.8 Å². The van der Waals surface area contributed by atoms with Crippen LogP contribution in [0.25, 0.3) is 0 Å². The minimum Gasteiger partial charge on any atom is -0.278 e. The highest BCUT2D eigenvalue weighted by atomic mass is 79.9. The van der Waals surface area contributed by atoms with E-state index >= 15 is 0 Å². The van der Waals surface area contributed by atoms with Gasteiger partial charge < -0.3 is 0 Å². The molecule has 0 fully saturated rings. The lowest BCUT2D eigenvalue weighted by Gasteiger charge is -2.11. The smallest absolute Gasteiger partial charge is 0.263 e. The van der Waals surface area contributed by atoms with Crippen molar-refractivity contribution in [2.75, 3.05) is 4.72 Å². The molecule has 0 spiro atoms. The first-order valence-corrected chi connectivity index (χ1v) is 8.26. The molecule has 2 rings (SSSR count). The van der Waals surface area contributed by atoms with Gasteiger partial charge >= 0.3 is 0 Å². The molecule has 0 saturated heterocycles. The average Bonchev–Trinajstić information content (AvgIpc) is 2.36. The van der Waals surface area contributed by atoms with E-state index in [2.05, 4.69) is 20.7 Å². The Morgan fingerprint density at radius 1 is 1.05 bits per heavy atom. The van der Waals surface area contributed by atoms with Gasteiger partial charge in [0.1, 0.15) is 10.7 Å². The number of hydrogen-bond acceptors (Lipinski definition) is 2. The number of rotatable bonds is 3. The van der Waals surface area contributed by atoms with E-state index in [9.17, 15) is 12.8 Å². The van der Waals surface area contributed by atoms with Gasteiger partial charge in [0, 0.05) is 4.47 Å². The maximum Gasteiger partial charge on any atom is 0.263 e. The zero-order chi connectivity index (χ0) is 14.9. The third kappa shape index (κ3) is 3.44. The van der Waals surface area contributed by atoms with Crippen molar-refractivity contribution in [3.8, 4) is 0 Å². The Kier molecular flexibility index (Phi) is 4.59. The lowest BCUT2D eigenvalue weighted by molar-refractivity contribution is 0.595. The predicted octanol–water partition coefficient (Wildman–Crippen LogP) is 4.70. The Bertz CT molecular complexity index is 768. The molecule has 0 aliphatic rings. The second-order valence-electron chi connectivity index (χ2n) is 3.80. The first kappa shape index (κ1) is 15.6. The second kappa shape index (κ2) is 5.89. The quantitative estimate of drug-likeness (QED) is 0.814. The lowest BCUT2D eigenvalue weighted by Crippen LogP contribution is -2.14. The van der Waals surface area contributed by atoms with Crippen LogP contribution in [0.3, 0.4) is 0 Å². The molecule has 20 heavy (non-hydrogen) atoms. The molecule has 0 atom stereocenters. The van der Waals surface area contributed by atoms with Crippen LogP contribution in [0.1, 0.15) is 0 Å². The first-order chi connectivity index (χ1) is 9.29. The number of benzene rings is 2. The van der Waals surface area contributed by atoms with Crippen molar-refractivity contribution in [3.05, 3.63) is 56.7 Å². The van der Waals surface area contributed by atoms with Crippen molar-refractivity contribution in [2.24, 2.45) is 0 Å². The number of halogens is 4. The molecule has 0 aromatic heterocycles. The van der Waals surface area contributed by atoms with E-state index in [1.807, 2.05) is 0 Å². The second-order valence-corrected chi connectivity index (χ2v) is 7.19. The maximum atomic E-state index is 13.2. The molecule has 2 aromatic rings. The normalized spacial score (nSPS) is 11.4. The molecular formula is C12H7BrCl2FNO2S. The minimum atomic E-state index is -4.03. The SMILES string of the molecule is O=S(=O)(Nc1cc(Br)ccc1Cl)c1cc(F)ccc1Cl. The molecule has 0 saturated carbocycles. The molecule has 0 aliphatic carbocycles. The minimum absolute atomic E-state index is 0.0787. The Morgan fingerprint density at radius 2 is 1.70 bits per heavy atom. The van der Waals surface area contributed by atoms with Gasteiger partial charge in [-0.15, -0.1) is 0 Å². The Morgan fingerprint density at radius 3 is 2.40 bits per heavy atom. The summed E-state index contributed by atoms with van der Waals surface area (Å²) in [6.07, 6.45) is 0. The fourth-order valence-corrected chi connectivity index (χ4v) is 3.62. The fourth-order valence-electron chi connectivity index (χ4n) is 1.46. The molecule has 8 heteroatoms. The van der Waals surface area contributed by atoms with Gasteiger partial charge in [0.15, 0.2) is 0 Å². The number of hydrogen-bond donors (Lipinski definition) is 1. The van der Waals surface area contributed by atoms with Gasteiger partial charge in [-0.05, 0) is 36.4 Å². The van der Waals surface area contributed by atoms with Crippen LogP contribution in [0.15, 0.2) is 45.8 Å². The van der Waals surface area contributed by atoms with Crippen LogP contribution in [0.5, 0.6) is 0 Å². The van der Waals surface area contributed by atoms with E-state index in [1.54, 1.807) is 6.07 Å². The average molecular weight is 399 g/mol. The third-order valence-electron chi connectivity index (χ3n) is 2.36. The summed E-state index contributed by atoms with van der Waals surface area (Å²) in [6, 6.07) is 7.77. The Balaban J connectivity index is 2.46. The molecule has 106 valence electrons. The summed E-state index contributed by atoms with van der Waals surface area (Å²) in [5.74, 6) is -0.699. The van der Waals surface area contributed by atoms with Crippen molar-refractivity contribution >= 4 is 54.8 Å². The largest absolute Gasteiger partial charge is 0.278 e. The van der Waals surface area contributed by atoms with Crippen molar-refractivity contribution in [3.63, 3.8) is 0 Å². The summed E-state index contributed by atoms with van der Waals surface area (Å²) in [5, 5.41) is 0.134. The molecule has 0 heterocycles. The standard InChI is InChI=1S/C12H7BrCl2FNO2S/c13-7-1-3-9(14)11(5-7)17-20(18,19)12-6-8(16)2-4-10(12)15/h1-6,17H. The van der Waals surface area contributed by atoms with Crippen molar-refractivity contribution in [1.82, 2.24) is 0 Å². The first-order valence-electron chi connectivity index (χ1n) is 5.22. The summed E-state index contributed by atoms with van der Waals surface area (Å²) in [6.45, 7) is 0. The summed E-state index contributed by atoms with van der Waals surface area (Å²) in [7, 11) is -4.03. The molecule has 0 aliphatic heterocycles. The third-order valence-corrected chi connectivity index (χ3v) is 5.03. The molecule has 0 unspecified atom stereocenters. The number of sulfonamides is 1. The molecule has 3 nitrogen and oxygen atoms in total. The van der Waals surface area contributed by atoms with Gasteiger partial charge in [0.05, 0.1) is 15.7 Å². The topological polar surface area (TPSA) is 46.2 Å². The highest BCUT2D eigenvalue weighted by Crippen LogP contribution is 2.30. The van der Waals surface area contributed by atoms with Gasteiger partial charge in [-0.1, -0.05) is 39.1 Å².